The maximum Gasteiger partial charge on any atom is 0.221 e. The lowest BCUT2D eigenvalue weighted by molar-refractivity contribution is 0.403. The maximum absolute atomic E-state index is 5.26. The number of nitrogens with one attached hydrogen (secondary N) is 1. The zero-order valence-corrected chi connectivity index (χ0v) is 9.66. The lowest BCUT2D eigenvalue weighted by Gasteiger charge is -2.06. The summed E-state index contributed by atoms with van der Waals surface area (Å²) in [4.78, 5) is 4.21. The van der Waals surface area contributed by atoms with Gasteiger partial charge in [0, 0.05) is 11.6 Å². The van der Waals surface area contributed by atoms with Crippen molar-refractivity contribution < 1.29 is 4.74 Å². The van der Waals surface area contributed by atoms with E-state index in [2.05, 4.69) is 28.5 Å². The molecular weight excluding hydrogens is 200 g/mol. The van der Waals surface area contributed by atoms with Crippen LogP contribution in [0.15, 0.2) is 30.5 Å². The van der Waals surface area contributed by atoms with Crippen LogP contribution in [0.3, 0.4) is 0 Å². The quantitative estimate of drug-likeness (QED) is 0.848. The van der Waals surface area contributed by atoms with Gasteiger partial charge < -0.3 is 10.1 Å². The molecule has 0 radical (unpaired) electrons. The number of benzene rings is 1. The minimum Gasteiger partial charge on any atom is -0.481 e. The first-order chi connectivity index (χ1) is 7.85. The van der Waals surface area contributed by atoms with Gasteiger partial charge in [0.05, 0.1) is 7.11 Å². The molecule has 2 aromatic rings. The van der Waals surface area contributed by atoms with Gasteiger partial charge in [0.1, 0.15) is 0 Å². The molecule has 0 aliphatic heterocycles. The number of methoxy groups -OCH3 is 1. The van der Waals surface area contributed by atoms with E-state index < -0.39 is 0 Å². The van der Waals surface area contributed by atoms with E-state index in [4.69, 9.17) is 4.74 Å². The van der Waals surface area contributed by atoms with Crippen LogP contribution in [-0.2, 0) is 6.42 Å². The number of aromatic nitrogens is 1. The highest BCUT2D eigenvalue weighted by Crippen LogP contribution is 2.23. The summed E-state index contributed by atoms with van der Waals surface area (Å²) in [5.41, 5.74) is 1.30. The highest BCUT2D eigenvalue weighted by Gasteiger charge is 2.03. The Labute approximate surface area is 95.5 Å². The van der Waals surface area contributed by atoms with Crippen molar-refractivity contribution in [1.29, 1.82) is 0 Å². The minimum atomic E-state index is 0.698. The van der Waals surface area contributed by atoms with E-state index in [0.29, 0.717) is 5.88 Å². The summed E-state index contributed by atoms with van der Waals surface area (Å²) in [7, 11) is 3.62. The first kappa shape index (κ1) is 10.9. The molecule has 0 unspecified atom stereocenters. The fraction of sp³-hybridized carbons (Fsp3) is 0.308. The topological polar surface area (TPSA) is 34.2 Å². The number of pyridine rings is 1. The van der Waals surface area contributed by atoms with Crippen molar-refractivity contribution >= 4 is 10.8 Å². The van der Waals surface area contributed by atoms with E-state index in [-0.39, 0.29) is 0 Å². The van der Waals surface area contributed by atoms with Crippen LogP contribution in [0.25, 0.3) is 10.8 Å². The molecule has 1 N–H and O–H groups in total. The first-order valence-corrected chi connectivity index (χ1v) is 5.41. The monoisotopic (exact) mass is 216 g/mol. The van der Waals surface area contributed by atoms with Crippen LogP contribution in [0, 0.1) is 0 Å². The van der Waals surface area contributed by atoms with Crippen LogP contribution in [0.1, 0.15) is 5.56 Å². The van der Waals surface area contributed by atoms with Crippen molar-refractivity contribution in [2.75, 3.05) is 20.7 Å². The van der Waals surface area contributed by atoms with E-state index >= 15 is 0 Å². The van der Waals surface area contributed by atoms with E-state index in [1.807, 2.05) is 13.1 Å². The van der Waals surface area contributed by atoms with E-state index in [1.165, 1.54) is 10.9 Å². The van der Waals surface area contributed by atoms with Crippen molar-refractivity contribution in [1.82, 2.24) is 10.3 Å². The number of nitrogens with zero attached hydrogens (tertiary/aromatic N) is 1. The molecule has 0 aliphatic rings. The molecule has 1 aromatic carbocycles. The zero-order valence-electron chi connectivity index (χ0n) is 9.66. The van der Waals surface area contributed by atoms with Crippen LogP contribution in [0.4, 0.5) is 0 Å². The summed E-state index contributed by atoms with van der Waals surface area (Å²) >= 11 is 0. The molecule has 0 saturated heterocycles. The molecule has 0 saturated carbocycles. The second-order valence-electron chi connectivity index (χ2n) is 3.73. The van der Waals surface area contributed by atoms with Crippen LogP contribution >= 0.6 is 0 Å². The summed E-state index contributed by atoms with van der Waals surface area (Å²) in [6.45, 7) is 0.980. The fourth-order valence-corrected chi connectivity index (χ4v) is 1.78. The summed E-state index contributed by atoms with van der Waals surface area (Å²) in [5, 5.41) is 5.39. The summed E-state index contributed by atoms with van der Waals surface area (Å²) in [6.07, 6.45) is 2.79. The standard InChI is InChI=1S/C13H16N2O/c1-14-7-5-10-3-4-11-6-8-15-13(16-2)12(11)9-10/h3-4,6,8-9,14H,5,7H2,1-2H3. The van der Waals surface area contributed by atoms with Crippen molar-refractivity contribution in [2.24, 2.45) is 0 Å². The average Bonchev–Trinajstić information content (AvgIpc) is 2.35. The Morgan fingerprint density at radius 3 is 2.94 bits per heavy atom. The Balaban J connectivity index is 2.42. The molecule has 3 heteroatoms. The first-order valence-electron chi connectivity index (χ1n) is 5.41. The molecule has 84 valence electrons. The van der Waals surface area contributed by atoms with Gasteiger partial charge in [0.25, 0.3) is 0 Å². The Bertz CT molecular complexity index is 482. The van der Waals surface area contributed by atoms with Gasteiger partial charge >= 0.3 is 0 Å². The van der Waals surface area contributed by atoms with Crippen molar-refractivity contribution in [3.8, 4) is 5.88 Å². The van der Waals surface area contributed by atoms with Gasteiger partial charge in [-0.15, -0.1) is 0 Å². The molecular formula is C13H16N2O. The summed E-state index contributed by atoms with van der Waals surface area (Å²) in [5.74, 6) is 0.698. The van der Waals surface area contributed by atoms with Gasteiger partial charge in [0.2, 0.25) is 5.88 Å². The normalized spacial score (nSPS) is 10.6. The SMILES string of the molecule is CNCCc1ccc2ccnc(OC)c2c1. The molecule has 0 atom stereocenters. The van der Waals surface area contributed by atoms with E-state index in [0.717, 1.165) is 18.4 Å². The van der Waals surface area contributed by atoms with Crippen molar-refractivity contribution in [3.63, 3.8) is 0 Å². The molecule has 0 bridgehead atoms. The largest absolute Gasteiger partial charge is 0.481 e. The lowest BCUT2D eigenvalue weighted by atomic mass is 10.1. The number of likely N-dealkylation sites (N-methyl/N-ethyl adjacent to an activating group) is 1. The van der Waals surface area contributed by atoms with Crippen molar-refractivity contribution in [3.05, 3.63) is 36.0 Å². The number of fused-ring (bicyclic) bond motifs is 1. The number of ether oxygens (including phenoxy) is 1. The molecule has 3 nitrogen and oxygen atoms in total. The number of rotatable bonds is 4. The third-order valence-electron chi connectivity index (χ3n) is 2.65. The molecule has 0 aliphatic carbocycles. The predicted octanol–water partition coefficient (Wildman–Crippen LogP) is 2.01. The van der Waals surface area contributed by atoms with E-state index in [9.17, 15) is 0 Å². The van der Waals surface area contributed by atoms with Crippen LogP contribution < -0.4 is 10.1 Å². The molecule has 0 fully saturated rings. The number of hydrogen-bond acceptors (Lipinski definition) is 3. The third-order valence-corrected chi connectivity index (χ3v) is 2.65. The Hall–Kier alpha value is -1.61. The molecule has 0 amide bonds. The highest BCUT2D eigenvalue weighted by molar-refractivity contribution is 5.87. The minimum absolute atomic E-state index is 0.698. The smallest absolute Gasteiger partial charge is 0.221 e. The summed E-state index contributed by atoms with van der Waals surface area (Å²) in [6, 6.07) is 8.42. The fourth-order valence-electron chi connectivity index (χ4n) is 1.78. The molecule has 1 heterocycles. The van der Waals surface area contributed by atoms with Gasteiger partial charge in [-0.2, -0.15) is 0 Å². The molecule has 2 rings (SSSR count). The predicted molar refractivity (Wildman–Crippen MR) is 65.9 cm³/mol. The van der Waals surface area contributed by atoms with Gasteiger partial charge in [-0.05, 0) is 43.1 Å². The Kier molecular flexibility index (Phi) is 3.37. The zero-order chi connectivity index (χ0) is 11.4. The molecule has 16 heavy (non-hydrogen) atoms. The second kappa shape index (κ2) is 4.94. The number of hydrogen-bond donors (Lipinski definition) is 1. The van der Waals surface area contributed by atoms with Crippen LogP contribution in [0.2, 0.25) is 0 Å². The van der Waals surface area contributed by atoms with Gasteiger partial charge in [-0.1, -0.05) is 12.1 Å². The second-order valence-corrected chi connectivity index (χ2v) is 3.73. The maximum atomic E-state index is 5.26. The average molecular weight is 216 g/mol. The van der Waals surface area contributed by atoms with Gasteiger partial charge in [-0.3, -0.25) is 0 Å². The Morgan fingerprint density at radius 1 is 1.31 bits per heavy atom. The van der Waals surface area contributed by atoms with E-state index in [1.54, 1.807) is 13.3 Å². The Morgan fingerprint density at radius 2 is 2.19 bits per heavy atom. The lowest BCUT2D eigenvalue weighted by Crippen LogP contribution is -2.10. The van der Waals surface area contributed by atoms with Crippen LogP contribution in [0.5, 0.6) is 5.88 Å². The van der Waals surface area contributed by atoms with Gasteiger partial charge in [-0.25, -0.2) is 4.98 Å². The third kappa shape index (κ3) is 2.14. The molecule has 1 aromatic heterocycles. The highest BCUT2D eigenvalue weighted by atomic mass is 16.5. The molecule has 0 spiro atoms. The van der Waals surface area contributed by atoms with Gasteiger partial charge in [0.15, 0.2) is 0 Å². The van der Waals surface area contributed by atoms with Crippen molar-refractivity contribution in [2.45, 2.75) is 6.42 Å². The summed E-state index contributed by atoms with van der Waals surface area (Å²) < 4.78 is 5.26. The van der Waals surface area contributed by atoms with Crippen LogP contribution in [-0.4, -0.2) is 25.7 Å².